The monoisotopic (exact) mass is 314 g/mol. The molecule has 1 fully saturated rings. The van der Waals surface area contributed by atoms with Crippen LogP contribution in [0.15, 0.2) is 24.3 Å². The van der Waals surface area contributed by atoms with Crippen molar-refractivity contribution in [2.24, 2.45) is 0 Å². The molecule has 1 aromatic carbocycles. The molecule has 0 unspecified atom stereocenters. The topological polar surface area (TPSA) is 79.5 Å². The van der Waals surface area contributed by atoms with Gasteiger partial charge < -0.3 is 19.7 Å². The fraction of sp³-hybridized carbons (Fsp3) is 0.375. The molecule has 0 bridgehead atoms. The van der Waals surface area contributed by atoms with Crippen molar-refractivity contribution in [2.75, 3.05) is 19.2 Å². The molecule has 23 heavy (non-hydrogen) atoms. The second-order valence-electron chi connectivity index (χ2n) is 5.95. The van der Waals surface area contributed by atoms with Crippen molar-refractivity contribution in [3.8, 4) is 11.5 Å². The first-order valence-electron chi connectivity index (χ1n) is 7.65. The molecule has 2 aromatic rings. The minimum atomic E-state index is -0.188. The molecule has 0 spiro atoms. The van der Waals surface area contributed by atoms with Crippen molar-refractivity contribution in [3.63, 3.8) is 0 Å². The van der Waals surface area contributed by atoms with E-state index in [-0.39, 0.29) is 12.8 Å². The van der Waals surface area contributed by atoms with Crippen LogP contribution in [0.25, 0.3) is 0 Å². The number of anilines is 1. The van der Waals surface area contributed by atoms with Gasteiger partial charge in [-0.25, -0.2) is 4.79 Å². The molecule has 7 nitrogen and oxygen atoms in total. The molecular formula is C16H18N4O3. The molecule has 4 rings (SSSR count). The maximum absolute atomic E-state index is 12.3. The van der Waals surface area contributed by atoms with Crippen LogP contribution in [0.5, 0.6) is 11.5 Å². The summed E-state index contributed by atoms with van der Waals surface area (Å²) in [7, 11) is 1.75. The van der Waals surface area contributed by atoms with E-state index in [1.807, 2.05) is 6.07 Å². The Morgan fingerprint density at radius 1 is 1.35 bits per heavy atom. The van der Waals surface area contributed by atoms with Crippen molar-refractivity contribution in [1.29, 1.82) is 0 Å². The number of carbonyl (C=O) groups is 1. The van der Waals surface area contributed by atoms with Crippen molar-refractivity contribution in [1.82, 2.24) is 15.1 Å². The molecule has 2 N–H and O–H groups in total. The largest absolute Gasteiger partial charge is 0.454 e. The number of benzene rings is 1. The number of urea groups is 1. The molecule has 1 aliphatic heterocycles. The summed E-state index contributed by atoms with van der Waals surface area (Å²) in [5, 5.41) is 10.2. The number of hydrogen-bond acceptors (Lipinski definition) is 4. The number of ether oxygens (including phenoxy) is 2. The van der Waals surface area contributed by atoms with E-state index >= 15 is 0 Å². The Kier molecular flexibility index (Phi) is 3.33. The summed E-state index contributed by atoms with van der Waals surface area (Å²) in [4.78, 5) is 13.9. The molecule has 120 valence electrons. The van der Waals surface area contributed by atoms with E-state index in [1.54, 1.807) is 30.1 Å². The van der Waals surface area contributed by atoms with Gasteiger partial charge in [0.2, 0.25) is 6.79 Å². The van der Waals surface area contributed by atoms with E-state index in [0.717, 1.165) is 11.4 Å². The maximum atomic E-state index is 12.3. The summed E-state index contributed by atoms with van der Waals surface area (Å²) in [5.41, 5.74) is 2.72. The van der Waals surface area contributed by atoms with Gasteiger partial charge in [-0.2, -0.15) is 5.10 Å². The summed E-state index contributed by atoms with van der Waals surface area (Å²) >= 11 is 0. The first kappa shape index (κ1) is 13.9. The highest BCUT2D eigenvalue weighted by Gasteiger charge is 2.26. The van der Waals surface area contributed by atoms with Crippen LogP contribution in [-0.4, -0.2) is 35.0 Å². The number of aromatic nitrogens is 2. The zero-order valence-electron chi connectivity index (χ0n) is 12.8. The highest BCUT2D eigenvalue weighted by atomic mass is 16.7. The van der Waals surface area contributed by atoms with E-state index in [4.69, 9.17) is 9.47 Å². The Balaban J connectivity index is 1.37. The number of amides is 2. The Bertz CT molecular complexity index is 739. The molecule has 2 amide bonds. The van der Waals surface area contributed by atoms with Gasteiger partial charge in [0.15, 0.2) is 11.5 Å². The SMILES string of the molecule is CN(Cc1cc(C2CC2)n[nH]1)C(=O)Nc1ccc2c(c1)OCO2. The van der Waals surface area contributed by atoms with Gasteiger partial charge >= 0.3 is 6.03 Å². The van der Waals surface area contributed by atoms with Gasteiger partial charge in [0.05, 0.1) is 17.9 Å². The Morgan fingerprint density at radius 2 is 2.17 bits per heavy atom. The number of hydrogen-bond donors (Lipinski definition) is 2. The number of H-pyrrole nitrogens is 1. The first-order valence-corrected chi connectivity index (χ1v) is 7.65. The fourth-order valence-corrected chi connectivity index (χ4v) is 2.57. The Labute approximate surface area is 133 Å². The molecule has 0 radical (unpaired) electrons. The van der Waals surface area contributed by atoms with Gasteiger partial charge in [0.25, 0.3) is 0 Å². The van der Waals surface area contributed by atoms with Crippen molar-refractivity contribution in [2.45, 2.75) is 25.3 Å². The van der Waals surface area contributed by atoms with Crippen LogP contribution in [0.1, 0.15) is 30.1 Å². The van der Waals surface area contributed by atoms with Gasteiger partial charge in [0, 0.05) is 24.7 Å². The Morgan fingerprint density at radius 3 is 3.00 bits per heavy atom. The molecule has 1 saturated carbocycles. The number of rotatable bonds is 4. The average Bonchev–Trinajstić information content (AvgIpc) is 3.11. The molecule has 0 atom stereocenters. The summed E-state index contributed by atoms with van der Waals surface area (Å²) in [5.74, 6) is 1.95. The maximum Gasteiger partial charge on any atom is 0.321 e. The number of fused-ring (bicyclic) bond motifs is 1. The molecule has 0 saturated heterocycles. The van der Waals surface area contributed by atoms with Crippen LogP contribution in [0.3, 0.4) is 0 Å². The van der Waals surface area contributed by atoms with E-state index in [2.05, 4.69) is 15.5 Å². The lowest BCUT2D eigenvalue weighted by atomic mass is 10.2. The second kappa shape index (κ2) is 5.49. The quantitative estimate of drug-likeness (QED) is 0.909. The van der Waals surface area contributed by atoms with Crippen molar-refractivity contribution >= 4 is 11.7 Å². The number of carbonyl (C=O) groups excluding carboxylic acids is 1. The van der Waals surface area contributed by atoms with Gasteiger partial charge in [-0.05, 0) is 31.0 Å². The van der Waals surface area contributed by atoms with E-state index < -0.39 is 0 Å². The zero-order chi connectivity index (χ0) is 15.8. The lowest BCUT2D eigenvalue weighted by Crippen LogP contribution is -2.30. The van der Waals surface area contributed by atoms with Crippen LogP contribution in [0.2, 0.25) is 0 Å². The summed E-state index contributed by atoms with van der Waals surface area (Å²) in [6, 6.07) is 7.19. The predicted molar refractivity (Wildman–Crippen MR) is 83.6 cm³/mol. The van der Waals surface area contributed by atoms with Crippen LogP contribution < -0.4 is 14.8 Å². The third-order valence-corrected chi connectivity index (χ3v) is 4.02. The third kappa shape index (κ3) is 2.94. The lowest BCUT2D eigenvalue weighted by molar-refractivity contribution is 0.174. The smallest absolute Gasteiger partial charge is 0.321 e. The highest BCUT2D eigenvalue weighted by molar-refractivity contribution is 5.89. The summed E-state index contributed by atoms with van der Waals surface area (Å²) in [6.45, 7) is 0.700. The summed E-state index contributed by atoms with van der Waals surface area (Å²) in [6.07, 6.45) is 2.43. The molecular weight excluding hydrogens is 296 g/mol. The second-order valence-corrected chi connectivity index (χ2v) is 5.95. The van der Waals surface area contributed by atoms with E-state index in [1.165, 1.54) is 12.8 Å². The van der Waals surface area contributed by atoms with Crippen LogP contribution in [-0.2, 0) is 6.54 Å². The van der Waals surface area contributed by atoms with E-state index in [9.17, 15) is 4.79 Å². The molecule has 1 aliphatic carbocycles. The first-order chi connectivity index (χ1) is 11.2. The minimum absolute atomic E-state index is 0.188. The lowest BCUT2D eigenvalue weighted by Gasteiger charge is -2.17. The van der Waals surface area contributed by atoms with Crippen LogP contribution in [0.4, 0.5) is 10.5 Å². The fourth-order valence-electron chi connectivity index (χ4n) is 2.57. The number of nitrogens with zero attached hydrogens (tertiary/aromatic N) is 2. The van der Waals surface area contributed by atoms with Crippen molar-refractivity contribution < 1.29 is 14.3 Å². The standard InChI is InChI=1S/C16H18N4O3/c1-20(8-12-6-13(19-18-12)10-2-3-10)16(21)17-11-4-5-14-15(7-11)23-9-22-14/h4-7,10H,2-3,8-9H2,1H3,(H,17,21)(H,18,19). The number of nitrogens with one attached hydrogen (secondary N) is 2. The molecule has 2 aliphatic rings. The third-order valence-electron chi connectivity index (χ3n) is 4.02. The Hall–Kier alpha value is -2.70. The zero-order valence-corrected chi connectivity index (χ0v) is 12.8. The van der Waals surface area contributed by atoms with Gasteiger partial charge in [-0.15, -0.1) is 0 Å². The van der Waals surface area contributed by atoms with Crippen LogP contribution in [0, 0.1) is 0 Å². The normalized spacial score (nSPS) is 15.5. The molecule has 2 heterocycles. The van der Waals surface area contributed by atoms with Crippen molar-refractivity contribution in [3.05, 3.63) is 35.7 Å². The van der Waals surface area contributed by atoms with Gasteiger partial charge in [0.1, 0.15) is 0 Å². The molecule has 7 heteroatoms. The average molecular weight is 314 g/mol. The molecule has 1 aromatic heterocycles. The van der Waals surface area contributed by atoms with E-state index in [0.29, 0.717) is 29.6 Å². The number of aromatic amines is 1. The summed E-state index contributed by atoms with van der Waals surface area (Å²) < 4.78 is 10.6. The van der Waals surface area contributed by atoms with Crippen LogP contribution >= 0.6 is 0 Å². The predicted octanol–water partition coefficient (Wildman–Crippen LogP) is 2.68. The highest BCUT2D eigenvalue weighted by Crippen LogP contribution is 2.39. The van der Waals surface area contributed by atoms with Gasteiger partial charge in [-0.3, -0.25) is 5.10 Å². The van der Waals surface area contributed by atoms with Gasteiger partial charge in [-0.1, -0.05) is 0 Å². The minimum Gasteiger partial charge on any atom is -0.454 e.